The number of nitrogens with zero attached hydrogens (tertiary/aromatic N) is 6. The first kappa shape index (κ1) is 41.0. The molecule has 2 N–H and O–H groups in total. The molecule has 3 atom stereocenters. The number of carbonyl (C=O) groups excluding carboxylic acids is 3. The molecule has 60 heavy (non-hydrogen) atoms. The van der Waals surface area contributed by atoms with E-state index in [0.29, 0.717) is 39.0 Å². The minimum atomic E-state index is -0.551. The van der Waals surface area contributed by atoms with E-state index in [1.807, 2.05) is 99.2 Å². The van der Waals surface area contributed by atoms with E-state index >= 15 is 0 Å². The molecule has 5 aromatic rings. The number of ether oxygens (including phenoxy) is 1. The minimum absolute atomic E-state index is 0.0915. The molecule has 8 rings (SSSR count). The van der Waals surface area contributed by atoms with Crippen LogP contribution in [0.25, 0.3) is 33.6 Å². The Morgan fingerprint density at radius 1 is 0.717 bits per heavy atom. The van der Waals surface area contributed by atoms with Gasteiger partial charge < -0.3 is 29.4 Å². The second kappa shape index (κ2) is 16.7. The Bertz CT molecular complexity index is 2280. The largest absolute Gasteiger partial charge is 0.444 e. The van der Waals surface area contributed by atoms with Gasteiger partial charge in [-0.2, -0.15) is 0 Å². The Morgan fingerprint density at radius 3 is 1.70 bits per heavy atom. The molecule has 3 aromatic carbocycles. The molecule has 0 aliphatic carbocycles. The van der Waals surface area contributed by atoms with Crippen LogP contribution in [0.2, 0.25) is 0 Å². The lowest BCUT2D eigenvalue weighted by Crippen LogP contribution is -2.50. The second-order valence-electron chi connectivity index (χ2n) is 18.2. The Morgan fingerprint density at radius 2 is 1.20 bits per heavy atom. The summed E-state index contributed by atoms with van der Waals surface area (Å²) >= 11 is 0. The maximum Gasteiger partial charge on any atom is 0.410 e. The van der Waals surface area contributed by atoms with Crippen LogP contribution in [0.3, 0.4) is 0 Å². The topological polar surface area (TPSA) is 131 Å². The number of aromatic amines is 2. The Kier molecular flexibility index (Phi) is 11.4. The summed E-state index contributed by atoms with van der Waals surface area (Å²) in [5.41, 5.74) is 6.00. The number of amides is 3. The van der Waals surface area contributed by atoms with Gasteiger partial charge >= 0.3 is 6.09 Å². The van der Waals surface area contributed by atoms with E-state index in [0.717, 1.165) is 76.5 Å². The summed E-state index contributed by atoms with van der Waals surface area (Å²) < 4.78 is 5.57. The zero-order valence-corrected chi connectivity index (χ0v) is 35.8. The van der Waals surface area contributed by atoms with Crippen LogP contribution in [-0.4, -0.2) is 103 Å². The van der Waals surface area contributed by atoms with Crippen molar-refractivity contribution < 1.29 is 19.1 Å². The highest BCUT2D eigenvalue weighted by Gasteiger charge is 2.45. The van der Waals surface area contributed by atoms with Gasteiger partial charge in [-0.05, 0) is 101 Å². The van der Waals surface area contributed by atoms with E-state index in [4.69, 9.17) is 14.7 Å². The van der Waals surface area contributed by atoms with Crippen molar-refractivity contribution in [3.8, 4) is 33.6 Å². The molecular weight excluding hydrogens is 753 g/mol. The first-order valence-corrected chi connectivity index (χ1v) is 21.4. The number of nitrogens with one attached hydrogen (secondary N) is 2. The molecule has 3 aliphatic heterocycles. The van der Waals surface area contributed by atoms with Gasteiger partial charge in [-0.1, -0.05) is 85.8 Å². The van der Waals surface area contributed by atoms with Crippen molar-refractivity contribution in [2.75, 3.05) is 40.3 Å². The average molecular weight is 811 g/mol. The Hall–Kier alpha value is -5.75. The van der Waals surface area contributed by atoms with Crippen LogP contribution in [0.15, 0.2) is 91.3 Å². The van der Waals surface area contributed by atoms with Gasteiger partial charge in [-0.25, -0.2) is 14.8 Å². The van der Waals surface area contributed by atoms with Gasteiger partial charge in [0.25, 0.3) is 0 Å². The number of piperidine rings is 1. The lowest BCUT2D eigenvalue weighted by atomic mass is 9.79. The number of carbonyl (C=O) groups is 3. The molecule has 0 spiro atoms. The number of hydrogen-bond donors (Lipinski definition) is 2. The first-order valence-electron chi connectivity index (χ1n) is 21.4. The molecular formula is C48H58N8O4. The van der Waals surface area contributed by atoms with Gasteiger partial charge in [0.2, 0.25) is 11.8 Å². The fraction of sp³-hybridized carbons (Fsp3) is 0.438. The van der Waals surface area contributed by atoms with Crippen molar-refractivity contribution in [2.24, 2.45) is 5.41 Å². The lowest BCUT2D eigenvalue weighted by molar-refractivity contribution is -0.145. The third-order valence-electron chi connectivity index (χ3n) is 12.5. The zero-order valence-electron chi connectivity index (χ0n) is 35.8. The number of H-pyrrole nitrogens is 2. The van der Waals surface area contributed by atoms with E-state index in [9.17, 15) is 14.4 Å². The van der Waals surface area contributed by atoms with Crippen molar-refractivity contribution in [1.82, 2.24) is 39.5 Å². The van der Waals surface area contributed by atoms with Crippen LogP contribution in [0, 0.1) is 5.41 Å². The molecule has 3 fully saturated rings. The number of benzene rings is 3. The maximum atomic E-state index is 14.1. The second-order valence-corrected chi connectivity index (χ2v) is 18.2. The number of aromatic nitrogens is 4. The smallest absolute Gasteiger partial charge is 0.410 e. The Labute approximate surface area is 353 Å². The van der Waals surface area contributed by atoms with E-state index < -0.39 is 11.0 Å². The standard InChI is InChI=1S/C48H58N8O4/c1-47(2,3)60-46(59)54-28-24-48(4,25-29-54)45(58)56-27-11-15-40(56)43-50-31-38(52-43)35-22-18-33(19-23-35)32-16-20-34(21-17-32)37-30-49-42(51-37)39-14-10-26-55(39)44(57)41(53(5)6)36-12-8-7-9-13-36/h7-9,12-13,16-23,30-31,39-41H,10-11,14-15,24-29H2,1-6H3,(H,49,51)(H,50,52)/t39-,40-,41+/m0/s1. The summed E-state index contributed by atoms with van der Waals surface area (Å²) in [5.74, 6) is 1.87. The quantitative estimate of drug-likeness (QED) is 0.152. The molecule has 0 bridgehead atoms. The molecule has 12 nitrogen and oxygen atoms in total. The van der Waals surface area contributed by atoms with Crippen LogP contribution in [-0.2, 0) is 14.3 Å². The third-order valence-corrected chi connectivity index (χ3v) is 12.5. The average Bonchev–Trinajstić information content (AvgIpc) is 4.08. The van der Waals surface area contributed by atoms with E-state index in [2.05, 4.69) is 58.5 Å². The lowest BCUT2D eigenvalue weighted by Gasteiger charge is -2.41. The first-order chi connectivity index (χ1) is 28.8. The summed E-state index contributed by atoms with van der Waals surface area (Å²) in [6, 6.07) is 26.3. The molecule has 3 amide bonds. The van der Waals surface area contributed by atoms with Crippen molar-refractivity contribution in [1.29, 1.82) is 0 Å². The predicted molar refractivity (Wildman–Crippen MR) is 232 cm³/mol. The van der Waals surface area contributed by atoms with Crippen molar-refractivity contribution in [3.63, 3.8) is 0 Å². The number of likely N-dealkylation sites (N-methyl/N-ethyl adjacent to an activating group) is 1. The molecule has 5 heterocycles. The number of rotatable bonds is 9. The van der Waals surface area contributed by atoms with E-state index in [-0.39, 0.29) is 36.0 Å². The van der Waals surface area contributed by atoms with Crippen LogP contribution >= 0.6 is 0 Å². The molecule has 0 saturated carbocycles. The highest BCUT2D eigenvalue weighted by Crippen LogP contribution is 2.40. The fourth-order valence-corrected chi connectivity index (χ4v) is 9.12. The van der Waals surface area contributed by atoms with Gasteiger partial charge in [-0.15, -0.1) is 0 Å². The maximum absolute atomic E-state index is 14.1. The normalized spacial score (nSPS) is 19.8. The predicted octanol–water partition coefficient (Wildman–Crippen LogP) is 8.80. The van der Waals surface area contributed by atoms with Crippen molar-refractivity contribution in [3.05, 3.63) is 108 Å². The summed E-state index contributed by atoms with van der Waals surface area (Å²) in [7, 11) is 3.91. The molecule has 2 aromatic heterocycles. The third kappa shape index (κ3) is 8.48. The summed E-state index contributed by atoms with van der Waals surface area (Å²) in [5, 5.41) is 0. The van der Waals surface area contributed by atoms with Gasteiger partial charge in [-0.3, -0.25) is 14.5 Å². The van der Waals surface area contributed by atoms with E-state index in [1.165, 1.54) is 0 Å². The van der Waals surface area contributed by atoms with Crippen LogP contribution in [0.5, 0.6) is 0 Å². The minimum Gasteiger partial charge on any atom is -0.444 e. The molecule has 0 unspecified atom stereocenters. The van der Waals surface area contributed by atoms with Crippen molar-refractivity contribution >= 4 is 17.9 Å². The molecule has 314 valence electrons. The number of imidazole rings is 2. The Balaban J connectivity index is 0.893. The van der Waals surface area contributed by atoms with Gasteiger partial charge in [0.15, 0.2) is 0 Å². The van der Waals surface area contributed by atoms with Crippen LogP contribution in [0.4, 0.5) is 4.79 Å². The monoisotopic (exact) mass is 810 g/mol. The SMILES string of the molecule is CN(C)[C@@H](C(=O)N1CCC[C@H]1c1ncc(-c2ccc(-c3ccc(-c4cnc([C@@H]5CCCN5C(=O)C5(C)CCN(C(=O)OC(C)(C)C)CC5)[nH]4)cc3)cc2)[nH]1)c1ccccc1. The fourth-order valence-electron chi connectivity index (χ4n) is 9.12. The molecule has 12 heteroatoms. The van der Waals surface area contributed by atoms with Crippen LogP contribution < -0.4 is 0 Å². The van der Waals surface area contributed by atoms with Crippen molar-refractivity contribution in [2.45, 2.75) is 89.9 Å². The molecule has 3 aliphatic rings. The number of hydrogen-bond acceptors (Lipinski definition) is 7. The summed E-state index contributed by atoms with van der Waals surface area (Å²) in [6.45, 7) is 10.1. The summed E-state index contributed by atoms with van der Waals surface area (Å²) in [6.07, 6.45) is 8.23. The van der Waals surface area contributed by atoms with Gasteiger partial charge in [0.05, 0.1) is 35.9 Å². The van der Waals surface area contributed by atoms with E-state index in [1.54, 1.807) is 4.90 Å². The number of likely N-dealkylation sites (tertiary alicyclic amines) is 3. The molecule has 0 radical (unpaired) electrons. The highest BCUT2D eigenvalue weighted by atomic mass is 16.6. The highest BCUT2D eigenvalue weighted by molar-refractivity contribution is 5.84. The zero-order chi connectivity index (χ0) is 42.2. The van der Waals surface area contributed by atoms with Gasteiger partial charge in [0, 0.05) is 31.6 Å². The van der Waals surface area contributed by atoms with Crippen LogP contribution in [0.1, 0.15) is 102 Å². The van der Waals surface area contributed by atoms with Gasteiger partial charge in [0.1, 0.15) is 23.3 Å². The molecule has 3 saturated heterocycles. The summed E-state index contributed by atoms with van der Waals surface area (Å²) in [4.78, 5) is 65.0.